The molecule has 0 radical (unpaired) electrons. The highest BCUT2D eigenvalue weighted by Crippen LogP contribution is 2.30. The van der Waals surface area contributed by atoms with Crippen LogP contribution in [0.1, 0.15) is 22.8 Å². The predicted molar refractivity (Wildman–Crippen MR) is 73.1 cm³/mol. The molecule has 2 nitrogen and oxygen atoms in total. The monoisotopic (exact) mass is 296 g/mol. The van der Waals surface area contributed by atoms with Crippen LogP contribution in [0.2, 0.25) is 0 Å². The van der Waals surface area contributed by atoms with Crippen LogP contribution in [0, 0.1) is 6.92 Å². The Kier molecular flexibility index (Phi) is 4.53. The Morgan fingerprint density at radius 1 is 1.05 bits per heavy atom. The quantitative estimate of drug-likeness (QED) is 0.919. The van der Waals surface area contributed by atoms with E-state index in [0.29, 0.717) is 0 Å². The van der Waals surface area contributed by atoms with E-state index in [-0.39, 0.29) is 12.4 Å². The number of alkyl halides is 3. The fourth-order valence-electron chi connectivity index (χ4n) is 1.97. The first-order valence-electron chi connectivity index (χ1n) is 6.41. The molecule has 2 aromatic carbocycles. The maximum atomic E-state index is 12.4. The van der Waals surface area contributed by atoms with Crippen LogP contribution in [0.25, 0.3) is 0 Å². The van der Waals surface area contributed by atoms with Crippen molar-refractivity contribution in [2.24, 2.45) is 0 Å². The van der Waals surface area contributed by atoms with Crippen LogP contribution in [0.5, 0.6) is 5.75 Å². The summed E-state index contributed by atoms with van der Waals surface area (Å²) in [4.78, 5) is 0. The highest BCUT2D eigenvalue weighted by molar-refractivity contribution is 5.30. The summed E-state index contributed by atoms with van der Waals surface area (Å²) in [5.74, 6) is 0.288. The van der Waals surface area contributed by atoms with Gasteiger partial charge in [-0.1, -0.05) is 24.3 Å². The summed E-state index contributed by atoms with van der Waals surface area (Å²) in [6.45, 7) is 1.85. The van der Waals surface area contributed by atoms with Gasteiger partial charge in [-0.05, 0) is 42.3 Å². The van der Waals surface area contributed by atoms with Crippen LogP contribution in [0.3, 0.4) is 0 Å². The molecule has 0 aliphatic carbocycles. The lowest BCUT2D eigenvalue weighted by Crippen LogP contribution is -2.11. The zero-order chi connectivity index (χ0) is 15.5. The molecular weight excluding hydrogens is 281 g/mol. The number of ether oxygens (including phenoxy) is 1. The average Bonchev–Trinajstić information content (AvgIpc) is 2.45. The van der Waals surface area contributed by atoms with E-state index in [1.54, 1.807) is 6.07 Å². The van der Waals surface area contributed by atoms with Crippen LogP contribution >= 0.6 is 0 Å². The van der Waals surface area contributed by atoms with Crippen molar-refractivity contribution in [2.45, 2.75) is 19.2 Å². The van der Waals surface area contributed by atoms with E-state index < -0.39 is 17.8 Å². The molecule has 0 spiro atoms. The Bertz CT molecular complexity index is 591. The maximum Gasteiger partial charge on any atom is 0.416 e. The molecule has 2 rings (SSSR count). The van der Waals surface area contributed by atoms with E-state index in [2.05, 4.69) is 0 Å². The number of aliphatic hydroxyl groups is 1. The van der Waals surface area contributed by atoms with Crippen LogP contribution in [-0.2, 0) is 6.18 Å². The fourth-order valence-corrected chi connectivity index (χ4v) is 1.97. The summed E-state index contributed by atoms with van der Waals surface area (Å²) in [5, 5.41) is 10.0. The third kappa shape index (κ3) is 3.98. The van der Waals surface area contributed by atoms with Gasteiger partial charge >= 0.3 is 6.18 Å². The van der Waals surface area contributed by atoms with Gasteiger partial charge in [-0.15, -0.1) is 0 Å². The molecule has 1 atom stereocenters. The molecule has 1 N–H and O–H groups in total. The maximum absolute atomic E-state index is 12.4. The standard InChI is InChI=1S/C16H15F3O2/c1-11-4-2-3-5-14(11)15(20)10-21-13-8-6-12(7-9-13)16(17,18)19/h2-9,15,20H,10H2,1H3. The number of aliphatic hydroxyl groups excluding tert-OH is 1. The molecule has 0 aliphatic rings. The van der Waals surface area contributed by atoms with Gasteiger partial charge in [0.2, 0.25) is 0 Å². The summed E-state index contributed by atoms with van der Waals surface area (Å²) in [7, 11) is 0. The van der Waals surface area contributed by atoms with E-state index >= 15 is 0 Å². The van der Waals surface area contributed by atoms with E-state index in [1.807, 2.05) is 25.1 Å². The topological polar surface area (TPSA) is 29.5 Å². The summed E-state index contributed by atoms with van der Waals surface area (Å²) >= 11 is 0. The van der Waals surface area contributed by atoms with Crippen molar-refractivity contribution in [3.8, 4) is 5.75 Å². The van der Waals surface area contributed by atoms with Crippen molar-refractivity contribution in [3.63, 3.8) is 0 Å². The van der Waals surface area contributed by atoms with E-state index in [1.165, 1.54) is 12.1 Å². The highest BCUT2D eigenvalue weighted by Gasteiger charge is 2.30. The predicted octanol–water partition coefficient (Wildman–Crippen LogP) is 4.13. The van der Waals surface area contributed by atoms with Gasteiger partial charge in [0.1, 0.15) is 18.5 Å². The van der Waals surface area contributed by atoms with Crippen LogP contribution in [0.4, 0.5) is 13.2 Å². The summed E-state index contributed by atoms with van der Waals surface area (Å²) in [6, 6.07) is 11.7. The summed E-state index contributed by atoms with van der Waals surface area (Å²) in [6.07, 6.45) is -5.19. The van der Waals surface area contributed by atoms with Gasteiger partial charge in [-0.3, -0.25) is 0 Å². The van der Waals surface area contributed by atoms with Crippen molar-refractivity contribution in [2.75, 3.05) is 6.61 Å². The Morgan fingerprint density at radius 2 is 1.67 bits per heavy atom. The fraction of sp³-hybridized carbons (Fsp3) is 0.250. The van der Waals surface area contributed by atoms with Gasteiger partial charge in [0.05, 0.1) is 5.56 Å². The van der Waals surface area contributed by atoms with Crippen molar-refractivity contribution < 1.29 is 23.0 Å². The van der Waals surface area contributed by atoms with Crippen LogP contribution in [0.15, 0.2) is 48.5 Å². The van der Waals surface area contributed by atoms with E-state index in [4.69, 9.17) is 4.74 Å². The average molecular weight is 296 g/mol. The molecule has 5 heteroatoms. The normalized spacial score (nSPS) is 13.0. The number of hydrogen-bond donors (Lipinski definition) is 1. The number of halogens is 3. The lowest BCUT2D eigenvalue weighted by Gasteiger charge is -2.15. The lowest BCUT2D eigenvalue weighted by molar-refractivity contribution is -0.137. The Balaban J connectivity index is 1.99. The molecule has 1 unspecified atom stereocenters. The molecule has 0 fully saturated rings. The van der Waals surface area contributed by atoms with Crippen LogP contribution in [-0.4, -0.2) is 11.7 Å². The van der Waals surface area contributed by atoms with Crippen molar-refractivity contribution >= 4 is 0 Å². The van der Waals surface area contributed by atoms with Gasteiger partial charge in [-0.2, -0.15) is 13.2 Å². The molecule has 0 heterocycles. The molecule has 2 aromatic rings. The van der Waals surface area contributed by atoms with Gasteiger partial charge in [0.25, 0.3) is 0 Å². The van der Waals surface area contributed by atoms with Crippen molar-refractivity contribution in [1.29, 1.82) is 0 Å². The molecule has 0 aromatic heterocycles. The van der Waals surface area contributed by atoms with E-state index in [0.717, 1.165) is 23.3 Å². The first-order chi connectivity index (χ1) is 9.88. The van der Waals surface area contributed by atoms with Gasteiger partial charge in [-0.25, -0.2) is 0 Å². The summed E-state index contributed by atoms with van der Waals surface area (Å²) < 4.78 is 42.6. The third-order valence-electron chi connectivity index (χ3n) is 3.14. The molecule has 21 heavy (non-hydrogen) atoms. The second-order valence-corrected chi connectivity index (χ2v) is 4.71. The van der Waals surface area contributed by atoms with Crippen LogP contribution < -0.4 is 4.74 Å². The van der Waals surface area contributed by atoms with E-state index in [9.17, 15) is 18.3 Å². The zero-order valence-electron chi connectivity index (χ0n) is 11.4. The summed E-state index contributed by atoms with van der Waals surface area (Å²) in [5.41, 5.74) is 0.944. The largest absolute Gasteiger partial charge is 0.491 e. The lowest BCUT2D eigenvalue weighted by atomic mass is 10.0. The second-order valence-electron chi connectivity index (χ2n) is 4.71. The first kappa shape index (κ1) is 15.4. The smallest absolute Gasteiger partial charge is 0.416 e. The van der Waals surface area contributed by atoms with Crippen molar-refractivity contribution in [1.82, 2.24) is 0 Å². The Morgan fingerprint density at radius 3 is 2.24 bits per heavy atom. The molecule has 0 amide bonds. The number of rotatable bonds is 4. The molecule has 112 valence electrons. The molecule has 0 saturated heterocycles. The number of benzene rings is 2. The number of aryl methyl sites for hydroxylation is 1. The Hall–Kier alpha value is -2.01. The Labute approximate surface area is 120 Å². The number of hydrogen-bond acceptors (Lipinski definition) is 2. The third-order valence-corrected chi connectivity index (χ3v) is 3.14. The van der Waals surface area contributed by atoms with Gasteiger partial charge in [0.15, 0.2) is 0 Å². The molecular formula is C16H15F3O2. The van der Waals surface area contributed by atoms with Gasteiger partial charge in [0, 0.05) is 0 Å². The van der Waals surface area contributed by atoms with Gasteiger partial charge < -0.3 is 9.84 Å². The molecule has 0 aliphatic heterocycles. The molecule has 0 saturated carbocycles. The molecule has 0 bridgehead atoms. The van der Waals surface area contributed by atoms with Crippen molar-refractivity contribution in [3.05, 3.63) is 65.2 Å². The second kappa shape index (κ2) is 6.18. The minimum atomic E-state index is -4.36. The minimum Gasteiger partial charge on any atom is -0.491 e. The zero-order valence-corrected chi connectivity index (χ0v) is 11.4. The first-order valence-corrected chi connectivity index (χ1v) is 6.41. The minimum absolute atomic E-state index is 0.0176. The SMILES string of the molecule is Cc1ccccc1C(O)COc1ccc(C(F)(F)F)cc1. The highest BCUT2D eigenvalue weighted by atomic mass is 19.4.